The fraction of sp³-hybridized carbons (Fsp3) is 0.172. The topological polar surface area (TPSA) is 87.8 Å². The summed E-state index contributed by atoms with van der Waals surface area (Å²) < 4.78 is 12.4. The van der Waals surface area contributed by atoms with E-state index in [-0.39, 0.29) is 12.2 Å². The van der Waals surface area contributed by atoms with Crippen LogP contribution in [0.5, 0.6) is 17.2 Å². The molecule has 0 saturated carbocycles. The Morgan fingerprint density at radius 1 is 1.03 bits per heavy atom. The van der Waals surface area contributed by atoms with E-state index < -0.39 is 0 Å². The van der Waals surface area contributed by atoms with Crippen molar-refractivity contribution in [2.75, 3.05) is 36.2 Å². The Labute approximate surface area is 230 Å². The molecular formula is C29H28BrN5O3. The van der Waals surface area contributed by atoms with Gasteiger partial charge in [0.2, 0.25) is 0 Å². The number of benzene rings is 3. The summed E-state index contributed by atoms with van der Waals surface area (Å²) in [6.45, 7) is 0.484. The third-order valence-electron chi connectivity index (χ3n) is 6.21. The number of carbonyl (C=O) groups is 1. The third kappa shape index (κ3) is 6.00. The van der Waals surface area contributed by atoms with Gasteiger partial charge in [0.1, 0.15) is 22.9 Å². The van der Waals surface area contributed by atoms with Crippen LogP contribution in [-0.2, 0) is 6.42 Å². The zero-order chi connectivity index (χ0) is 26.5. The second-order valence-electron chi connectivity index (χ2n) is 8.82. The lowest BCUT2D eigenvalue weighted by Gasteiger charge is -2.24. The van der Waals surface area contributed by atoms with Crippen LogP contribution in [0.15, 0.2) is 89.5 Å². The Balaban J connectivity index is 1.19. The van der Waals surface area contributed by atoms with Crippen molar-refractivity contribution in [3.63, 3.8) is 0 Å². The molecule has 3 N–H and O–H groups in total. The van der Waals surface area contributed by atoms with E-state index in [0.29, 0.717) is 30.2 Å². The van der Waals surface area contributed by atoms with E-state index in [0.717, 1.165) is 32.8 Å². The van der Waals surface area contributed by atoms with Gasteiger partial charge in [0.15, 0.2) is 6.29 Å². The number of halogens is 1. The lowest BCUT2D eigenvalue weighted by Crippen LogP contribution is -2.39. The molecule has 1 unspecified atom stereocenters. The van der Waals surface area contributed by atoms with Crippen molar-refractivity contribution in [3.8, 4) is 17.2 Å². The number of amides is 1. The normalized spacial score (nSPS) is 13.9. The zero-order valence-corrected chi connectivity index (χ0v) is 22.7. The van der Waals surface area contributed by atoms with Gasteiger partial charge in [-0.25, -0.2) is 0 Å². The van der Waals surface area contributed by atoms with Gasteiger partial charge in [-0.2, -0.15) is 0 Å². The van der Waals surface area contributed by atoms with E-state index in [1.54, 1.807) is 25.4 Å². The maximum absolute atomic E-state index is 12.7. The number of hydrogen-bond donors (Lipinski definition) is 3. The molecular weight excluding hydrogens is 546 g/mol. The first kappa shape index (κ1) is 25.4. The number of methoxy groups -OCH3 is 1. The average Bonchev–Trinajstić information content (AvgIpc) is 3.24. The van der Waals surface area contributed by atoms with E-state index >= 15 is 0 Å². The molecule has 0 saturated heterocycles. The minimum atomic E-state index is -0.252. The average molecular weight is 574 g/mol. The van der Waals surface area contributed by atoms with Gasteiger partial charge in [0.05, 0.1) is 18.5 Å². The number of carbonyl (C=O) groups excluding carboxylic acids is 1. The monoisotopic (exact) mass is 573 g/mol. The largest absolute Gasteiger partial charge is 0.497 e. The van der Waals surface area contributed by atoms with Gasteiger partial charge in [-0.15, -0.1) is 0 Å². The second-order valence-corrected chi connectivity index (χ2v) is 9.74. The van der Waals surface area contributed by atoms with E-state index in [1.807, 2.05) is 73.8 Å². The van der Waals surface area contributed by atoms with Crippen LogP contribution in [-0.4, -0.2) is 37.9 Å². The highest BCUT2D eigenvalue weighted by atomic mass is 79.9. The van der Waals surface area contributed by atoms with Crippen LogP contribution in [0.3, 0.4) is 0 Å². The summed E-state index contributed by atoms with van der Waals surface area (Å²) in [6.07, 6.45) is 2.16. The molecule has 2 heterocycles. The van der Waals surface area contributed by atoms with Gasteiger partial charge < -0.3 is 30.3 Å². The highest BCUT2D eigenvalue weighted by Crippen LogP contribution is 2.37. The summed E-state index contributed by atoms with van der Waals surface area (Å²) in [6, 6.07) is 25.1. The predicted octanol–water partition coefficient (Wildman–Crippen LogP) is 5.87. The minimum absolute atomic E-state index is 0.102. The molecule has 194 valence electrons. The lowest BCUT2D eigenvalue weighted by molar-refractivity contribution is 0.0949. The molecule has 1 aromatic heterocycles. The van der Waals surface area contributed by atoms with Crippen LogP contribution in [0, 0.1) is 0 Å². The van der Waals surface area contributed by atoms with Crippen molar-refractivity contribution in [2.45, 2.75) is 12.7 Å². The minimum Gasteiger partial charge on any atom is -0.497 e. The number of fused-ring (bicyclic) bond motifs is 1. The standard InChI is InChI=1S/C29H28BrN5O3/c1-35-27-11-10-23(17-25(27)34-29(35)33-21-8-6-20(30)7-9-21)38-24-13-15-31-26(18-24)28(36)32-14-12-19-4-3-5-22(16-19)37-2/h3-11,13,15-18,29,33-34H,12,14H2,1-2H3,(H,32,36). The summed E-state index contributed by atoms with van der Waals surface area (Å²) in [5.41, 5.74) is 4.39. The molecule has 3 aromatic carbocycles. The summed E-state index contributed by atoms with van der Waals surface area (Å²) >= 11 is 3.47. The van der Waals surface area contributed by atoms with E-state index in [9.17, 15) is 4.79 Å². The number of aromatic nitrogens is 1. The number of ether oxygens (including phenoxy) is 2. The second kappa shape index (κ2) is 11.4. The van der Waals surface area contributed by atoms with Crippen molar-refractivity contribution >= 4 is 38.9 Å². The van der Waals surface area contributed by atoms with Crippen LogP contribution in [0.1, 0.15) is 16.1 Å². The molecule has 38 heavy (non-hydrogen) atoms. The van der Waals surface area contributed by atoms with E-state index in [1.165, 1.54) is 0 Å². The van der Waals surface area contributed by atoms with Crippen molar-refractivity contribution in [2.24, 2.45) is 0 Å². The third-order valence-corrected chi connectivity index (χ3v) is 6.74. The van der Waals surface area contributed by atoms with Crippen LogP contribution in [0.25, 0.3) is 0 Å². The fourth-order valence-electron chi connectivity index (χ4n) is 4.20. The molecule has 1 atom stereocenters. The SMILES string of the molecule is COc1cccc(CCNC(=O)c2cc(Oc3ccc4c(c3)NC(Nc3ccc(Br)cc3)N4C)ccn2)c1. The lowest BCUT2D eigenvalue weighted by atomic mass is 10.1. The van der Waals surface area contributed by atoms with Crippen LogP contribution >= 0.6 is 15.9 Å². The number of nitrogens with one attached hydrogen (secondary N) is 3. The van der Waals surface area contributed by atoms with E-state index in [2.05, 4.69) is 41.8 Å². The van der Waals surface area contributed by atoms with Crippen molar-refractivity contribution in [3.05, 3.63) is 101 Å². The number of rotatable bonds is 9. The van der Waals surface area contributed by atoms with Gasteiger partial charge in [0.25, 0.3) is 5.91 Å². The van der Waals surface area contributed by atoms with Crippen LogP contribution in [0.2, 0.25) is 0 Å². The van der Waals surface area contributed by atoms with E-state index in [4.69, 9.17) is 9.47 Å². The smallest absolute Gasteiger partial charge is 0.270 e. The molecule has 1 aliphatic heterocycles. The maximum atomic E-state index is 12.7. The summed E-state index contributed by atoms with van der Waals surface area (Å²) in [4.78, 5) is 19.0. The molecule has 0 bridgehead atoms. The first-order chi connectivity index (χ1) is 18.5. The quantitative estimate of drug-likeness (QED) is 0.230. The van der Waals surface area contributed by atoms with Gasteiger partial charge in [-0.3, -0.25) is 9.78 Å². The first-order valence-electron chi connectivity index (χ1n) is 12.2. The molecule has 1 aliphatic rings. The molecule has 0 radical (unpaired) electrons. The van der Waals surface area contributed by atoms with Crippen molar-refractivity contribution in [1.29, 1.82) is 0 Å². The highest BCUT2D eigenvalue weighted by Gasteiger charge is 2.26. The Morgan fingerprint density at radius 3 is 2.66 bits per heavy atom. The molecule has 9 heteroatoms. The molecule has 0 spiro atoms. The number of hydrogen-bond acceptors (Lipinski definition) is 7. The Bertz CT molecular complexity index is 1430. The Hall–Kier alpha value is -4.24. The number of pyridine rings is 1. The first-order valence-corrected chi connectivity index (χ1v) is 13.0. The maximum Gasteiger partial charge on any atom is 0.270 e. The fourth-order valence-corrected chi connectivity index (χ4v) is 4.46. The van der Waals surface area contributed by atoms with Gasteiger partial charge in [-0.05, 0) is 66.6 Å². The zero-order valence-electron chi connectivity index (χ0n) is 21.1. The Morgan fingerprint density at radius 2 is 1.84 bits per heavy atom. The molecule has 0 aliphatic carbocycles. The molecule has 4 aromatic rings. The van der Waals surface area contributed by atoms with Crippen molar-refractivity contribution < 1.29 is 14.3 Å². The summed E-state index contributed by atoms with van der Waals surface area (Å²) in [7, 11) is 3.66. The highest BCUT2D eigenvalue weighted by molar-refractivity contribution is 9.10. The molecule has 5 rings (SSSR count). The van der Waals surface area contributed by atoms with Crippen LogP contribution in [0.4, 0.5) is 17.1 Å². The number of nitrogens with zero attached hydrogens (tertiary/aromatic N) is 2. The molecule has 8 nitrogen and oxygen atoms in total. The van der Waals surface area contributed by atoms with Gasteiger partial charge >= 0.3 is 0 Å². The summed E-state index contributed by atoms with van der Waals surface area (Å²) in [5, 5.41) is 9.89. The van der Waals surface area contributed by atoms with Crippen molar-refractivity contribution in [1.82, 2.24) is 10.3 Å². The summed E-state index contributed by atoms with van der Waals surface area (Å²) in [5.74, 6) is 1.74. The molecule has 0 fully saturated rings. The van der Waals surface area contributed by atoms with Gasteiger partial charge in [-0.1, -0.05) is 28.1 Å². The van der Waals surface area contributed by atoms with Gasteiger partial charge in [0, 0.05) is 42.1 Å². The molecule has 1 amide bonds. The predicted molar refractivity (Wildman–Crippen MR) is 153 cm³/mol. The number of anilines is 3. The van der Waals surface area contributed by atoms with Crippen LogP contribution < -0.4 is 30.3 Å². The Kier molecular flexibility index (Phi) is 7.65.